The number of allylic oxidation sites excluding steroid dienone is 2. The topological polar surface area (TPSA) is 179 Å². The van der Waals surface area contributed by atoms with E-state index in [1.165, 1.54) is 48.5 Å². The van der Waals surface area contributed by atoms with Crippen molar-refractivity contribution in [2.24, 2.45) is 11.5 Å². The SMILES string of the molecule is NC1C(c2cccc(Oc3ccc(S(=O)(=O)O)cc3)c2)=CC=CC1(N)Oc1ccc(S(=O)(=O)O)cc1. The molecule has 0 radical (unpaired) electrons. The smallest absolute Gasteiger partial charge is 0.294 e. The van der Waals surface area contributed by atoms with E-state index in [0.717, 1.165) is 0 Å². The van der Waals surface area contributed by atoms with E-state index in [1.54, 1.807) is 42.5 Å². The van der Waals surface area contributed by atoms with Gasteiger partial charge >= 0.3 is 0 Å². The first-order chi connectivity index (χ1) is 16.8. The Balaban J connectivity index is 1.53. The van der Waals surface area contributed by atoms with Crippen LogP contribution in [0.5, 0.6) is 17.2 Å². The van der Waals surface area contributed by atoms with Gasteiger partial charge < -0.3 is 15.2 Å². The van der Waals surface area contributed by atoms with E-state index >= 15 is 0 Å². The third-order valence-electron chi connectivity index (χ3n) is 5.39. The summed E-state index contributed by atoms with van der Waals surface area (Å²) in [4.78, 5) is -0.532. The second-order valence-electron chi connectivity index (χ2n) is 7.94. The van der Waals surface area contributed by atoms with E-state index in [0.29, 0.717) is 22.6 Å². The molecule has 10 nitrogen and oxygen atoms in total. The summed E-state index contributed by atoms with van der Waals surface area (Å²) in [5.74, 6) is 1.04. The molecule has 0 amide bonds. The molecule has 0 saturated heterocycles. The normalized spacial score (nSPS) is 20.0. The molecule has 0 spiro atoms. The summed E-state index contributed by atoms with van der Waals surface area (Å²) in [5, 5.41) is 0. The molecule has 0 saturated carbocycles. The van der Waals surface area contributed by atoms with Crippen molar-refractivity contribution in [3.63, 3.8) is 0 Å². The predicted octanol–water partition coefficient (Wildman–Crippen LogP) is 2.99. The van der Waals surface area contributed by atoms with E-state index < -0.39 is 32.0 Å². The minimum atomic E-state index is -4.34. The molecule has 4 rings (SSSR count). The third-order valence-corrected chi connectivity index (χ3v) is 7.13. The average Bonchev–Trinajstić information content (AvgIpc) is 2.81. The molecule has 6 N–H and O–H groups in total. The van der Waals surface area contributed by atoms with Gasteiger partial charge in [0.25, 0.3) is 20.2 Å². The van der Waals surface area contributed by atoms with Crippen LogP contribution in [0.25, 0.3) is 5.57 Å². The molecule has 0 fully saturated rings. The minimum Gasteiger partial charge on any atom is -0.467 e. The van der Waals surface area contributed by atoms with Crippen molar-refractivity contribution in [1.82, 2.24) is 0 Å². The summed E-state index contributed by atoms with van der Waals surface area (Å²) in [7, 11) is -8.65. The highest BCUT2D eigenvalue weighted by Gasteiger charge is 2.37. The maximum Gasteiger partial charge on any atom is 0.294 e. The molecule has 1 aliphatic carbocycles. The number of rotatable bonds is 7. The standard InChI is InChI=1S/C24H22N2O8S2/c25-23-22(5-2-14-24(23,26)34-18-8-12-21(13-9-18)36(30,31)32)16-3-1-4-19(15-16)33-17-6-10-20(11-7-17)35(27,28)29/h1-15,23H,25-26H2,(H,27,28,29)(H,30,31,32). The summed E-state index contributed by atoms with van der Waals surface area (Å²) in [5.41, 5.74) is 12.8. The predicted molar refractivity (Wildman–Crippen MR) is 132 cm³/mol. The summed E-state index contributed by atoms with van der Waals surface area (Å²) in [6, 6.07) is 16.5. The summed E-state index contributed by atoms with van der Waals surface area (Å²) >= 11 is 0. The lowest BCUT2D eigenvalue weighted by Gasteiger charge is -2.36. The fourth-order valence-corrected chi connectivity index (χ4v) is 4.52. The van der Waals surface area contributed by atoms with Crippen molar-refractivity contribution >= 4 is 25.8 Å². The first-order valence-corrected chi connectivity index (χ1v) is 13.3. The summed E-state index contributed by atoms with van der Waals surface area (Å²) < 4.78 is 74.9. The minimum absolute atomic E-state index is 0.247. The molecule has 0 bridgehead atoms. The Morgan fingerprint density at radius 1 is 0.778 bits per heavy atom. The lowest BCUT2D eigenvalue weighted by molar-refractivity contribution is 0.115. The Bertz CT molecular complexity index is 1550. The molecule has 1 aliphatic rings. The van der Waals surface area contributed by atoms with Crippen LogP contribution in [-0.2, 0) is 20.2 Å². The van der Waals surface area contributed by atoms with E-state index in [9.17, 15) is 16.8 Å². The molecular weight excluding hydrogens is 508 g/mol. The number of ether oxygens (including phenoxy) is 2. The van der Waals surface area contributed by atoms with Gasteiger partial charge in [-0.15, -0.1) is 0 Å². The lowest BCUT2D eigenvalue weighted by Crippen LogP contribution is -2.59. The highest BCUT2D eigenvalue weighted by molar-refractivity contribution is 7.86. The molecule has 36 heavy (non-hydrogen) atoms. The van der Waals surface area contributed by atoms with Gasteiger partial charge in [0.1, 0.15) is 17.2 Å². The van der Waals surface area contributed by atoms with E-state index in [-0.39, 0.29) is 15.5 Å². The Morgan fingerprint density at radius 2 is 1.33 bits per heavy atom. The Labute approximate surface area is 208 Å². The van der Waals surface area contributed by atoms with Gasteiger partial charge in [0.15, 0.2) is 5.72 Å². The van der Waals surface area contributed by atoms with Crippen LogP contribution in [0.3, 0.4) is 0 Å². The first kappa shape index (κ1) is 25.6. The zero-order valence-electron chi connectivity index (χ0n) is 18.6. The number of benzene rings is 3. The fourth-order valence-electron chi connectivity index (χ4n) is 3.56. The van der Waals surface area contributed by atoms with Crippen molar-refractivity contribution in [3.05, 3.63) is 96.6 Å². The average molecular weight is 531 g/mol. The summed E-state index contributed by atoms with van der Waals surface area (Å²) in [6.45, 7) is 0. The van der Waals surface area contributed by atoms with Crippen LogP contribution in [0.1, 0.15) is 5.56 Å². The van der Waals surface area contributed by atoms with E-state index in [2.05, 4.69) is 0 Å². The van der Waals surface area contributed by atoms with Gasteiger partial charge in [-0.3, -0.25) is 14.8 Å². The molecule has 0 heterocycles. The molecule has 0 aromatic heterocycles. The quantitative estimate of drug-likeness (QED) is 0.262. The maximum atomic E-state index is 11.3. The van der Waals surface area contributed by atoms with Gasteiger partial charge in [0, 0.05) is 0 Å². The van der Waals surface area contributed by atoms with Crippen molar-refractivity contribution in [2.45, 2.75) is 21.6 Å². The first-order valence-electron chi connectivity index (χ1n) is 10.4. The van der Waals surface area contributed by atoms with Gasteiger partial charge in [0.2, 0.25) is 0 Å². The number of hydrogen-bond acceptors (Lipinski definition) is 8. The van der Waals surface area contributed by atoms with Crippen LogP contribution in [0.2, 0.25) is 0 Å². The molecule has 2 unspecified atom stereocenters. The third kappa shape index (κ3) is 5.65. The second kappa shape index (κ2) is 9.50. The fraction of sp³-hybridized carbons (Fsp3) is 0.0833. The molecule has 2 atom stereocenters. The van der Waals surface area contributed by atoms with Crippen LogP contribution >= 0.6 is 0 Å². The molecule has 3 aromatic rings. The molecule has 188 valence electrons. The maximum absolute atomic E-state index is 11.3. The van der Waals surface area contributed by atoms with Gasteiger partial charge in [-0.25, -0.2) is 0 Å². The largest absolute Gasteiger partial charge is 0.467 e. The van der Waals surface area contributed by atoms with E-state index in [1.807, 2.05) is 0 Å². The molecule has 0 aliphatic heterocycles. The van der Waals surface area contributed by atoms with Gasteiger partial charge in [0.05, 0.1) is 15.8 Å². The van der Waals surface area contributed by atoms with Crippen LogP contribution in [0.4, 0.5) is 0 Å². The highest BCUT2D eigenvalue weighted by atomic mass is 32.2. The summed E-state index contributed by atoms with van der Waals surface area (Å²) in [6.07, 6.45) is 5.04. The van der Waals surface area contributed by atoms with Crippen molar-refractivity contribution in [3.8, 4) is 17.2 Å². The molecule has 12 heteroatoms. The van der Waals surface area contributed by atoms with Crippen LogP contribution < -0.4 is 20.9 Å². The lowest BCUT2D eigenvalue weighted by atomic mass is 9.87. The number of nitrogens with two attached hydrogens (primary N) is 2. The van der Waals surface area contributed by atoms with Crippen LogP contribution in [0, 0.1) is 0 Å². The Kier molecular flexibility index (Phi) is 6.75. The van der Waals surface area contributed by atoms with Crippen molar-refractivity contribution in [2.75, 3.05) is 0 Å². The van der Waals surface area contributed by atoms with Gasteiger partial charge in [-0.1, -0.05) is 24.3 Å². The monoisotopic (exact) mass is 530 g/mol. The number of hydrogen-bond donors (Lipinski definition) is 4. The van der Waals surface area contributed by atoms with Gasteiger partial charge in [-0.05, 0) is 77.9 Å². The second-order valence-corrected chi connectivity index (χ2v) is 10.8. The molecular formula is C24H22N2O8S2. The Hall–Kier alpha value is -3.52. The molecule has 3 aromatic carbocycles. The van der Waals surface area contributed by atoms with E-state index in [4.69, 9.17) is 30.0 Å². The van der Waals surface area contributed by atoms with Gasteiger partial charge in [-0.2, -0.15) is 16.8 Å². The van der Waals surface area contributed by atoms with Crippen molar-refractivity contribution in [1.29, 1.82) is 0 Å². The highest BCUT2D eigenvalue weighted by Crippen LogP contribution is 2.33. The van der Waals surface area contributed by atoms with Crippen molar-refractivity contribution < 1.29 is 35.4 Å². The van der Waals surface area contributed by atoms with Crippen LogP contribution in [-0.4, -0.2) is 37.7 Å². The van der Waals surface area contributed by atoms with Crippen LogP contribution in [0.15, 0.2) is 101 Å². The zero-order chi connectivity index (χ0) is 26.1. The zero-order valence-corrected chi connectivity index (χ0v) is 20.2. The Morgan fingerprint density at radius 3 is 1.89 bits per heavy atom.